The number of hydrogen-bond acceptors (Lipinski definition) is 9. The van der Waals surface area contributed by atoms with E-state index in [-0.39, 0.29) is 37.0 Å². The Bertz CT molecular complexity index is 1190. The van der Waals surface area contributed by atoms with E-state index < -0.39 is 52.7 Å². The largest absolute Gasteiger partial charge is 1.20 e. The molecular formula is C60H114AlN3O9. The number of nitrogens with one attached hydrogen (secondary N) is 3. The summed E-state index contributed by atoms with van der Waals surface area (Å²) in [6.45, 7) is 12.3. The second-order valence-corrected chi connectivity index (χ2v) is 23.9. The smallest absolute Gasteiger partial charge is 0.549 e. The van der Waals surface area contributed by atoms with Gasteiger partial charge in [0.05, 0.1) is 0 Å². The van der Waals surface area contributed by atoms with Gasteiger partial charge < -0.3 is 27.3 Å². The van der Waals surface area contributed by atoms with Gasteiger partial charge in [-0.3, -0.25) is 28.8 Å². The Labute approximate surface area is 453 Å². The minimum absolute atomic E-state index is 0.270. The van der Waals surface area contributed by atoms with E-state index in [2.05, 4.69) is 57.5 Å². The van der Waals surface area contributed by atoms with Crippen molar-refractivity contribution in [2.75, 3.05) is 19.6 Å². The monoisotopic (exact) mass is 1050 g/mol. The molecular weight excluding hydrogens is 934 g/mol. The quantitative estimate of drug-likeness (QED) is 0.0397. The summed E-state index contributed by atoms with van der Waals surface area (Å²) in [5, 5.41) is 7.63. The summed E-state index contributed by atoms with van der Waals surface area (Å²) in [5.41, 5.74) is 0. The second kappa shape index (κ2) is 52.8. The number of amides is 3. The summed E-state index contributed by atoms with van der Waals surface area (Å²) >= 11 is -3.77. The summed E-state index contributed by atoms with van der Waals surface area (Å²) in [5.74, 6) is -1.26. The van der Waals surface area contributed by atoms with E-state index in [0.29, 0.717) is 19.3 Å². The molecule has 0 saturated heterocycles. The molecule has 0 spiro atoms. The van der Waals surface area contributed by atoms with Crippen molar-refractivity contribution in [2.24, 2.45) is 17.8 Å². The number of hydrogen-bond donors (Lipinski definition) is 3. The lowest BCUT2D eigenvalue weighted by molar-refractivity contribution is -0.148. The van der Waals surface area contributed by atoms with E-state index in [1.807, 2.05) is 0 Å². The molecule has 0 heterocycles. The van der Waals surface area contributed by atoms with Crippen LogP contribution in [-0.2, 0) is 40.1 Å². The zero-order chi connectivity index (χ0) is 53.8. The fourth-order valence-corrected chi connectivity index (χ4v) is 10.2. The molecule has 0 atom stereocenters. The van der Waals surface area contributed by atoms with Gasteiger partial charge in [0.25, 0.3) is 17.9 Å². The average Bonchev–Trinajstić information content (AvgIpc) is 3.34. The molecule has 0 rings (SSSR count). The Hall–Kier alpha value is -2.65. The van der Waals surface area contributed by atoms with E-state index in [4.69, 9.17) is 11.4 Å². The van der Waals surface area contributed by atoms with Crippen LogP contribution in [-0.4, -0.2) is 70.4 Å². The molecule has 0 aliphatic carbocycles. The molecule has 0 aromatic carbocycles. The Kier molecular flexibility index (Phi) is 50.9. The topological polar surface area (TPSA) is 166 Å². The maximum atomic E-state index is 12.8. The minimum Gasteiger partial charge on any atom is -0.549 e. The molecule has 73 heavy (non-hydrogen) atoms. The van der Waals surface area contributed by atoms with Gasteiger partial charge in [0.15, 0.2) is 0 Å². The van der Waals surface area contributed by atoms with Gasteiger partial charge in [-0.25, -0.2) is 0 Å². The van der Waals surface area contributed by atoms with Crippen molar-refractivity contribution in [1.29, 1.82) is 0 Å². The van der Waals surface area contributed by atoms with Gasteiger partial charge in [0.2, 0.25) is 17.7 Å². The van der Waals surface area contributed by atoms with Crippen LogP contribution in [0, 0.1) is 17.8 Å². The molecule has 0 aliphatic heterocycles. The molecule has 0 aromatic rings. The molecule has 426 valence electrons. The van der Waals surface area contributed by atoms with Crippen molar-refractivity contribution in [3.63, 3.8) is 0 Å². The molecule has 3 N–H and O–H groups in total. The minimum atomic E-state index is -3.77. The van der Waals surface area contributed by atoms with Crippen LogP contribution in [0.1, 0.15) is 311 Å². The van der Waals surface area contributed by atoms with Gasteiger partial charge in [0.1, 0.15) is 19.6 Å². The Morgan fingerprint density at radius 2 is 0.438 bits per heavy atom. The first-order valence-corrected chi connectivity index (χ1v) is 32.1. The summed E-state index contributed by atoms with van der Waals surface area (Å²) in [6.07, 6.45) is 47.7. The van der Waals surface area contributed by atoms with Gasteiger partial charge in [-0.05, 0) is 37.0 Å². The molecule has 0 aromatic heterocycles. The Morgan fingerprint density at radius 1 is 0.274 bits per heavy atom. The van der Waals surface area contributed by atoms with E-state index in [1.54, 1.807) is 0 Å². The van der Waals surface area contributed by atoms with Gasteiger partial charge >= 0.3 is 15.1 Å². The van der Waals surface area contributed by atoms with Crippen LogP contribution in [0.25, 0.3) is 0 Å². The predicted molar refractivity (Wildman–Crippen MR) is 301 cm³/mol. The highest BCUT2D eigenvalue weighted by Gasteiger charge is 2.49. The summed E-state index contributed by atoms with van der Waals surface area (Å²) in [4.78, 5) is 75.9. The first-order valence-electron chi connectivity index (χ1n) is 30.7. The van der Waals surface area contributed by atoms with E-state index in [9.17, 15) is 28.8 Å². The van der Waals surface area contributed by atoms with Gasteiger partial charge in [0, 0.05) is 19.3 Å². The van der Waals surface area contributed by atoms with Crippen molar-refractivity contribution in [1.82, 2.24) is 16.0 Å². The molecule has 0 fully saturated rings. The zero-order valence-corrected chi connectivity index (χ0v) is 49.5. The molecule has 0 radical (unpaired) electrons. The highest BCUT2D eigenvalue weighted by atomic mass is 27.3. The van der Waals surface area contributed by atoms with Crippen molar-refractivity contribution in [3.05, 3.63) is 0 Å². The molecule has 3 amide bonds. The first-order chi connectivity index (χ1) is 35.3. The second-order valence-electron chi connectivity index (χ2n) is 22.6. The van der Waals surface area contributed by atoms with E-state index in [1.165, 1.54) is 173 Å². The van der Waals surface area contributed by atoms with Crippen LogP contribution >= 0.6 is 0 Å². The van der Waals surface area contributed by atoms with Crippen LogP contribution in [0.15, 0.2) is 0 Å². The molecule has 0 bridgehead atoms. The Balaban J connectivity index is 4.59. The van der Waals surface area contributed by atoms with Gasteiger partial charge in [-0.2, -0.15) is 0 Å². The summed E-state index contributed by atoms with van der Waals surface area (Å²) < 4.78 is 15.8. The first kappa shape index (κ1) is 70.4. The SMILES string of the molecule is CC(C)CCCCCCCCCCCCCCC(=O)NCC(=O)[O][Al]([O]C(=O)CNC(=O)CCCCCCCCCCCCCCC(C)C)[O]C(=O)CNC(=O)CCCCCCCCCCCCCCC(C)C. The van der Waals surface area contributed by atoms with Crippen molar-refractivity contribution in [2.45, 2.75) is 311 Å². The van der Waals surface area contributed by atoms with Crippen LogP contribution in [0.5, 0.6) is 0 Å². The third-order valence-electron chi connectivity index (χ3n) is 13.8. The maximum absolute atomic E-state index is 12.8. The van der Waals surface area contributed by atoms with Crippen molar-refractivity contribution in [3.8, 4) is 0 Å². The van der Waals surface area contributed by atoms with Crippen LogP contribution in [0.3, 0.4) is 0 Å². The van der Waals surface area contributed by atoms with Gasteiger partial charge in [-0.1, -0.05) is 273 Å². The molecule has 0 saturated carbocycles. The van der Waals surface area contributed by atoms with Crippen LogP contribution in [0.2, 0.25) is 0 Å². The standard InChI is InChI=1S/3C20H39NO3.Al/c3*1-18(2)15-13-11-9-7-5-3-4-6-8-10-12-14-16-19(22)21-17-20(23)24;/h3*18H,3-17H2,1-2H3,(H,21,22)(H,23,24);/q;;;+3/p-3. The van der Waals surface area contributed by atoms with E-state index in [0.717, 1.165) is 75.5 Å². The summed E-state index contributed by atoms with van der Waals surface area (Å²) in [7, 11) is 0. The number of rotatable bonds is 54. The third-order valence-corrected chi connectivity index (χ3v) is 15.1. The predicted octanol–water partition coefficient (Wildman–Crippen LogP) is 15.3. The van der Waals surface area contributed by atoms with Gasteiger partial charge in [-0.15, -0.1) is 0 Å². The third kappa shape index (κ3) is 55.4. The average molecular weight is 1050 g/mol. The van der Waals surface area contributed by atoms with Crippen molar-refractivity contribution < 1.29 is 40.1 Å². The Morgan fingerprint density at radius 3 is 0.616 bits per heavy atom. The molecule has 13 heteroatoms. The molecule has 12 nitrogen and oxygen atoms in total. The lowest BCUT2D eigenvalue weighted by Gasteiger charge is -2.14. The maximum Gasteiger partial charge on any atom is 1.20 e. The summed E-state index contributed by atoms with van der Waals surface area (Å²) in [6, 6.07) is 0. The number of carbonyl (C=O) groups is 6. The van der Waals surface area contributed by atoms with Crippen molar-refractivity contribution >= 4 is 50.8 Å². The highest BCUT2D eigenvalue weighted by molar-refractivity contribution is 6.44. The number of carbonyl (C=O) groups excluding carboxylic acids is 6. The van der Waals surface area contributed by atoms with Crippen LogP contribution < -0.4 is 16.0 Å². The zero-order valence-electron chi connectivity index (χ0n) is 48.3. The highest BCUT2D eigenvalue weighted by Crippen LogP contribution is 2.18. The normalized spacial score (nSPS) is 11.3. The fraction of sp³-hybridized carbons (Fsp3) is 0.900. The lowest BCUT2D eigenvalue weighted by Crippen LogP contribution is -2.42. The van der Waals surface area contributed by atoms with Crippen LogP contribution in [0.4, 0.5) is 0 Å². The lowest BCUT2D eigenvalue weighted by atomic mass is 10.0. The molecule has 0 unspecified atom stereocenters. The van der Waals surface area contributed by atoms with E-state index >= 15 is 0 Å². The molecule has 0 aliphatic rings. The number of unbranched alkanes of at least 4 members (excludes halogenated alkanes) is 33. The fourth-order valence-electron chi connectivity index (χ4n) is 9.11.